The second-order valence-corrected chi connectivity index (χ2v) is 14.3. The first-order chi connectivity index (χ1) is 24.8. The molecule has 2 atom stereocenters. The smallest absolute Gasteiger partial charge is 0.431 e. The van der Waals surface area contributed by atoms with Gasteiger partial charge in [0.05, 0.1) is 25.1 Å². The van der Waals surface area contributed by atoms with E-state index in [9.17, 15) is 37.5 Å². The molecule has 14 heteroatoms. The summed E-state index contributed by atoms with van der Waals surface area (Å²) in [4.78, 5) is 54.3. The number of halogens is 4. The van der Waals surface area contributed by atoms with Crippen LogP contribution in [0.2, 0.25) is 0 Å². The molecular weight excluding hydrogens is 696 g/mol. The number of pyridine rings is 1. The summed E-state index contributed by atoms with van der Waals surface area (Å²) in [6.07, 6.45) is -5.36. The van der Waals surface area contributed by atoms with E-state index in [1.54, 1.807) is 32.9 Å². The maximum atomic E-state index is 15.7. The maximum Gasteiger partial charge on any atom is 0.431 e. The SMILES string of the molecule is COC1CN(CCn2c(C(F)(F)F)ccc(C(=O)N[C@@H](CC(C)C)C(=O)CN[C@@H](CC(=O)O)c3cc(-c4c(C)cc(C)cc4C)cc(C)c3F)c2=O)C1. The monoisotopic (exact) mass is 744 g/mol. The predicted octanol–water partition coefficient (Wildman–Crippen LogP) is 5.76. The Kier molecular flexibility index (Phi) is 13.4. The summed E-state index contributed by atoms with van der Waals surface area (Å²) in [5.41, 5.74) is 1.97. The largest absolute Gasteiger partial charge is 0.481 e. The van der Waals surface area contributed by atoms with Crippen molar-refractivity contribution in [2.45, 2.75) is 85.3 Å². The van der Waals surface area contributed by atoms with Crippen molar-refractivity contribution in [3.8, 4) is 11.1 Å². The van der Waals surface area contributed by atoms with E-state index in [0.717, 1.165) is 28.3 Å². The van der Waals surface area contributed by atoms with E-state index >= 15 is 4.39 Å². The normalized spacial score (nSPS) is 14.9. The van der Waals surface area contributed by atoms with Crippen LogP contribution in [0.15, 0.2) is 41.2 Å². The minimum atomic E-state index is -4.86. The molecule has 288 valence electrons. The Morgan fingerprint density at radius 1 is 0.981 bits per heavy atom. The third kappa shape index (κ3) is 10.2. The lowest BCUT2D eigenvalue weighted by molar-refractivity contribution is -0.144. The number of likely N-dealkylation sites (tertiary alicyclic amines) is 1. The zero-order valence-electron chi connectivity index (χ0n) is 31.1. The van der Waals surface area contributed by atoms with Crippen LogP contribution in [0.5, 0.6) is 0 Å². The molecule has 0 radical (unpaired) electrons. The van der Waals surface area contributed by atoms with E-state index in [1.807, 2.05) is 37.8 Å². The Hall–Kier alpha value is -4.40. The van der Waals surface area contributed by atoms with Crippen LogP contribution in [0, 0.1) is 39.4 Å². The molecule has 0 bridgehead atoms. The molecular formula is C39H48F4N4O6. The number of Topliss-reactive ketones (excluding diaryl/α,β-unsaturated/α-hetero) is 1. The quantitative estimate of drug-likeness (QED) is 0.158. The fraction of sp³-hybridized carbons (Fsp3) is 0.487. The van der Waals surface area contributed by atoms with Gasteiger partial charge in [-0.25, -0.2) is 4.39 Å². The number of aromatic nitrogens is 1. The number of ether oxygens (including phenoxy) is 1. The summed E-state index contributed by atoms with van der Waals surface area (Å²) < 4.78 is 63.2. The average molecular weight is 745 g/mol. The highest BCUT2D eigenvalue weighted by molar-refractivity contribution is 5.98. The van der Waals surface area contributed by atoms with E-state index in [-0.39, 0.29) is 42.7 Å². The molecule has 1 aliphatic heterocycles. The fourth-order valence-electron chi connectivity index (χ4n) is 6.94. The Labute approximate surface area is 306 Å². The standard InChI is InChI=1S/C39H48F4N4O6/c1-21(2)12-31(45-37(51)28-8-9-33(39(41,42)43)47(38(28)52)11-10-46-19-27(20-46)53-7)32(48)18-44-30(17-34(49)50)29-16-26(15-25(6)36(29)40)35-23(4)13-22(3)14-24(35)5/h8-9,13-16,21,27,30-31,44H,10-12,17-20H2,1-7H3,(H,45,51)(H,49,50)/t30-,31-/m0/s1. The molecule has 53 heavy (non-hydrogen) atoms. The summed E-state index contributed by atoms with van der Waals surface area (Å²) in [6, 6.07) is 6.42. The van der Waals surface area contributed by atoms with Gasteiger partial charge in [0.25, 0.3) is 11.5 Å². The second kappa shape index (κ2) is 17.2. The highest BCUT2D eigenvalue weighted by Gasteiger charge is 2.36. The minimum absolute atomic E-state index is 0.0456. The highest BCUT2D eigenvalue weighted by atomic mass is 19.4. The van der Waals surface area contributed by atoms with Crippen LogP contribution in [0.3, 0.4) is 0 Å². The van der Waals surface area contributed by atoms with Gasteiger partial charge in [0.15, 0.2) is 5.78 Å². The van der Waals surface area contributed by atoms with Crippen LogP contribution in [0.4, 0.5) is 17.6 Å². The molecule has 0 spiro atoms. The number of nitrogens with one attached hydrogen (secondary N) is 2. The number of carbonyl (C=O) groups is 3. The summed E-state index contributed by atoms with van der Waals surface area (Å²) >= 11 is 0. The molecule has 3 N–H and O–H groups in total. The summed E-state index contributed by atoms with van der Waals surface area (Å²) in [7, 11) is 1.53. The zero-order chi connectivity index (χ0) is 39.4. The number of aryl methyl sites for hydroxylation is 4. The van der Waals surface area contributed by atoms with Crippen LogP contribution in [0.1, 0.15) is 76.6 Å². The molecule has 1 saturated heterocycles. The van der Waals surface area contributed by atoms with Crippen molar-refractivity contribution >= 4 is 17.7 Å². The van der Waals surface area contributed by atoms with Crippen molar-refractivity contribution in [2.24, 2.45) is 5.92 Å². The molecule has 1 fully saturated rings. The molecule has 4 rings (SSSR count). The molecule has 3 aromatic rings. The lowest BCUT2D eigenvalue weighted by atomic mass is 9.89. The molecule has 2 heterocycles. The molecule has 1 aromatic heterocycles. The molecule has 1 amide bonds. The number of carbonyl (C=O) groups excluding carboxylic acids is 2. The summed E-state index contributed by atoms with van der Waals surface area (Å²) in [5.74, 6) is -3.62. The molecule has 0 unspecified atom stereocenters. The van der Waals surface area contributed by atoms with E-state index in [0.29, 0.717) is 29.3 Å². The van der Waals surface area contributed by atoms with Gasteiger partial charge < -0.3 is 25.0 Å². The predicted molar refractivity (Wildman–Crippen MR) is 192 cm³/mol. The van der Waals surface area contributed by atoms with Gasteiger partial charge >= 0.3 is 12.1 Å². The number of carboxylic acids is 1. The number of benzene rings is 2. The number of nitrogens with zero attached hydrogens (tertiary/aromatic N) is 2. The van der Waals surface area contributed by atoms with E-state index < -0.39 is 71.5 Å². The van der Waals surface area contributed by atoms with Gasteiger partial charge in [-0.05, 0) is 92.1 Å². The van der Waals surface area contributed by atoms with Gasteiger partial charge in [0.2, 0.25) is 0 Å². The molecule has 0 saturated carbocycles. The molecule has 1 aliphatic rings. The van der Waals surface area contributed by atoms with E-state index in [4.69, 9.17) is 4.74 Å². The van der Waals surface area contributed by atoms with Crippen LogP contribution < -0.4 is 16.2 Å². The van der Waals surface area contributed by atoms with Gasteiger partial charge in [-0.1, -0.05) is 31.5 Å². The molecule has 0 aliphatic carbocycles. The van der Waals surface area contributed by atoms with Gasteiger partial charge in [0.1, 0.15) is 17.1 Å². The van der Waals surface area contributed by atoms with Crippen molar-refractivity contribution in [1.29, 1.82) is 0 Å². The maximum absolute atomic E-state index is 15.7. The number of methoxy groups -OCH3 is 1. The van der Waals surface area contributed by atoms with Crippen molar-refractivity contribution in [2.75, 3.05) is 33.3 Å². The highest BCUT2D eigenvalue weighted by Crippen LogP contribution is 2.34. The number of hydrogen-bond acceptors (Lipinski definition) is 7. The Bertz CT molecular complexity index is 1880. The number of alkyl halides is 3. The topological polar surface area (TPSA) is 130 Å². The third-order valence-corrected chi connectivity index (χ3v) is 9.53. The van der Waals surface area contributed by atoms with E-state index in [2.05, 4.69) is 10.6 Å². The summed E-state index contributed by atoms with van der Waals surface area (Å²) in [6.45, 7) is 11.3. The minimum Gasteiger partial charge on any atom is -0.481 e. The first kappa shape index (κ1) is 41.4. The lowest BCUT2D eigenvalue weighted by Crippen LogP contribution is -2.53. The van der Waals surface area contributed by atoms with Crippen molar-refractivity contribution < 1.29 is 41.8 Å². The van der Waals surface area contributed by atoms with E-state index in [1.165, 1.54) is 7.11 Å². The van der Waals surface area contributed by atoms with Gasteiger partial charge in [-0.15, -0.1) is 0 Å². The first-order valence-electron chi connectivity index (χ1n) is 17.5. The van der Waals surface area contributed by atoms with Crippen LogP contribution >= 0.6 is 0 Å². The Morgan fingerprint density at radius 2 is 1.62 bits per heavy atom. The Balaban J connectivity index is 1.58. The first-order valence-corrected chi connectivity index (χ1v) is 17.5. The number of rotatable bonds is 16. The van der Waals surface area contributed by atoms with Gasteiger partial charge in [-0.2, -0.15) is 13.2 Å². The van der Waals surface area contributed by atoms with Gasteiger partial charge in [0, 0.05) is 44.9 Å². The lowest BCUT2D eigenvalue weighted by Gasteiger charge is -2.38. The van der Waals surface area contributed by atoms with Crippen molar-refractivity contribution in [3.63, 3.8) is 0 Å². The third-order valence-electron chi connectivity index (χ3n) is 9.53. The van der Waals surface area contributed by atoms with Crippen molar-refractivity contribution in [3.05, 3.63) is 91.6 Å². The number of carboxylic acid groups (broad SMARTS) is 1. The number of hydrogen-bond donors (Lipinski definition) is 3. The average Bonchev–Trinajstić information content (AvgIpc) is 3.02. The van der Waals surface area contributed by atoms with Crippen LogP contribution in [0.25, 0.3) is 11.1 Å². The fourth-order valence-corrected chi connectivity index (χ4v) is 6.94. The zero-order valence-corrected chi connectivity index (χ0v) is 31.1. The number of ketones is 1. The van der Waals surface area contributed by atoms with Gasteiger partial charge in [-0.3, -0.25) is 24.1 Å². The number of amides is 1. The molecule has 10 nitrogen and oxygen atoms in total. The Morgan fingerprint density at radius 3 is 2.19 bits per heavy atom. The second-order valence-electron chi connectivity index (χ2n) is 14.3. The summed E-state index contributed by atoms with van der Waals surface area (Å²) in [5, 5.41) is 15.2. The molecule has 2 aromatic carbocycles. The van der Waals surface area contributed by atoms with Crippen molar-refractivity contribution in [1.82, 2.24) is 20.1 Å². The number of aliphatic carboxylic acids is 1. The van der Waals surface area contributed by atoms with Crippen LogP contribution in [-0.4, -0.2) is 77.7 Å². The van der Waals surface area contributed by atoms with Crippen LogP contribution in [-0.2, 0) is 27.0 Å².